The quantitative estimate of drug-likeness (QED) is 0.653. The number of amides is 1. The first-order valence-corrected chi connectivity index (χ1v) is 4.40. The van der Waals surface area contributed by atoms with Gasteiger partial charge in [-0.05, 0) is 11.6 Å². The summed E-state index contributed by atoms with van der Waals surface area (Å²) in [6.45, 7) is 1.24. The maximum atomic E-state index is 11.4. The van der Waals surface area contributed by atoms with Gasteiger partial charge in [0.25, 0.3) is 5.91 Å². The van der Waals surface area contributed by atoms with Crippen molar-refractivity contribution in [1.82, 2.24) is 5.32 Å². The Balaban J connectivity index is 2.47. The average molecular weight is 176 g/mol. The fraction of sp³-hybridized carbons (Fsp3) is 0.300. The van der Waals surface area contributed by atoms with E-state index in [-0.39, 0.29) is 11.8 Å². The lowest BCUT2D eigenvalue weighted by Gasteiger charge is -2.24. The van der Waals surface area contributed by atoms with Crippen LogP contribution >= 0.6 is 0 Å². The van der Waals surface area contributed by atoms with E-state index < -0.39 is 0 Å². The fourth-order valence-corrected chi connectivity index (χ4v) is 1.69. The monoisotopic (exact) mass is 176 g/mol. The highest BCUT2D eigenvalue weighted by atomic mass is 16.1. The summed E-state index contributed by atoms with van der Waals surface area (Å²) in [7, 11) is 0. The largest absolute Gasteiger partial charge is 0.351 e. The minimum absolute atomic E-state index is 0.0142. The van der Waals surface area contributed by atoms with Crippen LogP contribution in [0.3, 0.4) is 0 Å². The first-order valence-electron chi connectivity index (χ1n) is 4.40. The molecule has 0 aliphatic carbocycles. The molecule has 1 aliphatic rings. The zero-order valence-electron chi connectivity index (χ0n) is 7.29. The topological polar surface area (TPSA) is 55.1 Å². The summed E-state index contributed by atoms with van der Waals surface area (Å²) in [6, 6.07) is 7.63. The zero-order valence-corrected chi connectivity index (χ0v) is 7.29. The van der Waals surface area contributed by atoms with Crippen LogP contribution in [-0.4, -0.2) is 19.0 Å². The van der Waals surface area contributed by atoms with Crippen molar-refractivity contribution in [2.75, 3.05) is 13.1 Å². The standard InChI is InChI=1S/C10H12N2O/c11-5-7-6-12-10(13)9-4-2-1-3-8(7)9/h1-4,7H,5-6,11H2,(H,12,13)/t7-/m1/s1. The number of benzene rings is 1. The molecule has 68 valence electrons. The molecule has 1 heterocycles. The third-order valence-corrected chi connectivity index (χ3v) is 2.44. The van der Waals surface area contributed by atoms with E-state index in [1.54, 1.807) is 0 Å². The summed E-state index contributed by atoms with van der Waals surface area (Å²) >= 11 is 0. The number of nitrogens with one attached hydrogen (secondary N) is 1. The molecule has 0 spiro atoms. The van der Waals surface area contributed by atoms with Gasteiger partial charge in [0, 0.05) is 24.6 Å². The third-order valence-electron chi connectivity index (χ3n) is 2.44. The lowest BCUT2D eigenvalue weighted by atomic mass is 9.91. The fourth-order valence-electron chi connectivity index (χ4n) is 1.69. The summed E-state index contributed by atoms with van der Waals surface area (Å²) in [6.07, 6.45) is 0. The van der Waals surface area contributed by atoms with Gasteiger partial charge in [0.15, 0.2) is 0 Å². The Bertz CT molecular complexity index is 335. The van der Waals surface area contributed by atoms with E-state index in [4.69, 9.17) is 5.73 Å². The van der Waals surface area contributed by atoms with Crippen molar-refractivity contribution in [2.24, 2.45) is 5.73 Å². The highest BCUT2D eigenvalue weighted by molar-refractivity contribution is 5.97. The highest BCUT2D eigenvalue weighted by Crippen LogP contribution is 2.22. The molecule has 0 bridgehead atoms. The molecular weight excluding hydrogens is 164 g/mol. The molecule has 1 aliphatic heterocycles. The zero-order chi connectivity index (χ0) is 9.26. The van der Waals surface area contributed by atoms with Gasteiger partial charge in [0.1, 0.15) is 0 Å². The van der Waals surface area contributed by atoms with Crippen molar-refractivity contribution in [1.29, 1.82) is 0 Å². The summed E-state index contributed by atoms with van der Waals surface area (Å²) in [5.41, 5.74) is 7.46. The lowest BCUT2D eigenvalue weighted by Crippen LogP contribution is -2.37. The number of carbonyl (C=O) groups is 1. The molecule has 0 fully saturated rings. The van der Waals surface area contributed by atoms with Gasteiger partial charge in [-0.3, -0.25) is 4.79 Å². The van der Waals surface area contributed by atoms with E-state index in [9.17, 15) is 4.79 Å². The number of hydrogen-bond donors (Lipinski definition) is 2. The molecule has 3 nitrogen and oxygen atoms in total. The van der Waals surface area contributed by atoms with Crippen LogP contribution in [0.5, 0.6) is 0 Å². The van der Waals surface area contributed by atoms with Crippen LogP contribution in [-0.2, 0) is 0 Å². The molecule has 13 heavy (non-hydrogen) atoms. The van der Waals surface area contributed by atoms with Gasteiger partial charge in [-0.1, -0.05) is 18.2 Å². The molecule has 0 saturated heterocycles. The van der Waals surface area contributed by atoms with Crippen LogP contribution in [0.2, 0.25) is 0 Å². The van der Waals surface area contributed by atoms with Gasteiger partial charge in [-0.2, -0.15) is 0 Å². The molecule has 0 radical (unpaired) electrons. The molecule has 1 aromatic carbocycles. The van der Waals surface area contributed by atoms with Crippen LogP contribution in [0.4, 0.5) is 0 Å². The lowest BCUT2D eigenvalue weighted by molar-refractivity contribution is 0.0940. The van der Waals surface area contributed by atoms with E-state index in [0.29, 0.717) is 13.1 Å². The Morgan fingerprint density at radius 1 is 1.46 bits per heavy atom. The maximum absolute atomic E-state index is 11.4. The predicted octanol–water partition coefficient (Wildman–Crippen LogP) is 0.472. The summed E-state index contributed by atoms with van der Waals surface area (Å²) in [5, 5.41) is 2.82. The molecule has 0 aromatic heterocycles. The third kappa shape index (κ3) is 1.31. The van der Waals surface area contributed by atoms with Crippen LogP contribution in [0.25, 0.3) is 0 Å². The van der Waals surface area contributed by atoms with E-state index in [1.807, 2.05) is 24.3 Å². The number of carbonyl (C=O) groups excluding carboxylic acids is 1. The number of rotatable bonds is 1. The van der Waals surface area contributed by atoms with Crippen LogP contribution in [0.15, 0.2) is 24.3 Å². The van der Waals surface area contributed by atoms with Crippen molar-refractivity contribution in [3.63, 3.8) is 0 Å². The second-order valence-electron chi connectivity index (χ2n) is 3.23. The van der Waals surface area contributed by atoms with Gasteiger partial charge in [-0.25, -0.2) is 0 Å². The summed E-state index contributed by atoms with van der Waals surface area (Å²) in [5.74, 6) is 0.286. The highest BCUT2D eigenvalue weighted by Gasteiger charge is 2.22. The molecule has 0 unspecified atom stereocenters. The van der Waals surface area contributed by atoms with Crippen LogP contribution in [0, 0.1) is 0 Å². The van der Waals surface area contributed by atoms with Crippen molar-refractivity contribution in [2.45, 2.75) is 5.92 Å². The molecule has 1 atom stereocenters. The normalized spacial score (nSPS) is 20.7. The van der Waals surface area contributed by atoms with Crippen LogP contribution in [0.1, 0.15) is 21.8 Å². The maximum Gasteiger partial charge on any atom is 0.251 e. The Morgan fingerprint density at radius 2 is 2.23 bits per heavy atom. The first-order chi connectivity index (χ1) is 6.33. The number of nitrogens with two attached hydrogens (primary N) is 1. The molecular formula is C10H12N2O. The molecule has 2 rings (SSSR count). The number of fused-ring (bicyclic) bond motifs is 1. The predicted molar refractivity (Wildman–Crippen MR) is 50.6 cm³/mol. The van der Waals surface area contributed by atoms with Gasteiger partial charge in [0.2, 0.25) is 0 Å². The number of hydrogen-bond acceptors (Lipinski definition) is 2. The second-order valence-corrected chi connectivity index (χ2v) is 3.23. The van der Waals surface area contributed by atoms with E-state index in [2.05, 4.69) is 5.32 Å². The van der Waals surface area contributed by atoms with E-state index in [0.717, 1.165) is 11.1 Å². The SMILES string of the molecule is NC[C@@H]1CNC(=O)c2ccccc21. The van der Waals surface area contributed by atoms with Crippen molar-refractivity contribution in [3.05, 3.63) is 35.4 Å². The van der Waals surface area contributed by atoms with Gasteiger partial charge >= 0.3 is 0 Å². The molecule has 0 saturated carbocycles. The molecule has 1 aromatic rings. The minimum Gasteiger partial charge on any atom is -0.351 e. The van der Waals surface area contributed by atoms with E-state index >= 15 is 0 Å². The Hall–Kier alpha value is -1.35. The van der Waals surface area contributed by atoms with E-state index in [1.165, 1.54) is 0 Å². The van der Waals surface area contributed by atoms with Gasteiger partial charge < -0.3 is 11.1 Å². The molecule has 1 amide bonds. The second kappa shape index (κ2) is 3.18. The van der Waals surface area contributed by atoms with Crippen molar-refractivity contribution < 1.29 is 4.79 Å². The first kappa shape index (κ1) is 8.26. The van der Waals surface area contributed by atoms with Gasteiger partial charge in [0.05, 0.1) is 0 Å². The Labute approximate surface area is 76.9 Å². The van der Waals surface area contributed by atoms with Crippen molar-refractivity contribution in [3.8, 4) is 0 Å². The minimum atomic E-state index is 0.0142. The summed E-state index contributed by atoms with van der Waals surface area (Å²) < 4.78 is 0. The smallest absolute Gasteiger partial charge is 0.251 e. The van der Waals surface area contributed by atoms with Gasteiger partial charge in [-0.15, -0.1) is 0 Å². The van der Waals surface area contributed by atoms with Crippen LogP contribution < -0.4 is 11.1 Å². The molecule has 3 heteroatoms. The Morgan fingerprint density at radius 3 is 3.00 bits per heavy atom. The van der Waals surface area contributed by atoms with Crippen molar-refractivity contribution >= 4 is 5.91 Å². The average Bonchev–Trinajstić information content (AvgIpc) is 2.19. The molecule has 3 N–H and O–H groups in total. The summed E-state index contributed by atoms with van der Waals surface area (Å²) in [4.78, 5) is 11.4. The Kier molecular flexibility index (Phi) is 2.02.